The minimum Gasteiger partial charge on any atom is -0.497 e. The fourth-order valence-electron chi connectivity index (χ4n) is 2.96. The molecule has 1 aromatic heterocycles. The fraction of sp³-hybridized carbons (Fsp3) is 0.500. The molecule has 1 aromatic carbocycles. The van der Waals surface area contributed by atoms with Gasteiger partial charge in [0.2, 0.25) is 5.13 Å². The third kappa shape index (κ3) is 3.25. The molecule has 3 rings (SSSR count). The third-order valence-corrected chi connectivity index (χ3v) is 4.82. The quantitative estimate of drug-likeness (QED) is 0.809. The van der Waals surface area contributed by atoms with Crippen molar-refractivity contribution in [3.05, 3.63) is 29.6 Å². The first-order valence-electron chi connectivity index (χ1n) is 7.57. The standard InChI is InChI=1S/C16H21N3O3S/c1-20-10-15-17-16(23-18-15)19-8-4-5-13(19)12-7-6-11(21-2)9-14(12)22-3/h6-7,9,13H,4-5,8,10H2,1-3H3/t13-/m0/s1. The number of hydrogen-bond donors (Lipinski definition) is 0. The van der Waals surface area contributed by atoms with Crippen molar-refractivity contribution in [3.8, 4) is 11.5 Å². The molecule has 6 nitrogen and oxygen atoms in total. The predicted octanol–water partition coefficient (Wildman–Crippen LogP) is 3.04. The van der Waals surface area contributed by atoms with Gasteiger partial charge in [0.15, 0.2) is 5.82 Å². The van der Waals surface area contributed by atoms with Crippen LogP contribution >= 0.6 is 11.5 Å². The van der Waals surface area contributed by atoms with Gasteiger partial charge in [0, 0.05) is 36.8 Å². The van der Waals surface area contributed by atoms with Crippen LogP contribution in [-0.2, 0) is 11.3 Å². The molecule has 0 amide bonds. The van der Waals surface area contributed by atoms with Crippen molar-refractivity contribution in [1.82, 2.24) is 9.36 Å². The molecule has 23 heavy (non-hydrogen) atoms. The Balaban J connectivity index is 1.89. The Kier molecular flexibility index (Phi) is 4.97. The van der Waals surface area contributed by atoms with Crippen LogP contribution in [0.2, 0.25) is 0 Å². The number of anilines is 1. The number of nitrogens with zero attached hydrogens (tertiary/aromatic N) is 3. The lowest BCUT2D eigenvalue weighted by Gasteiger charge is -2.25. The second-order valence-corrected chi connectivity index (χ2v) is 6.12. The van der Waals surface area contributed by atoms with E-state index in [9.17, 15) is 0 Å². The van der Waals surface area contributed by atoms with Crippen LogP contribution in [0.5, 0.6) is 11.5 Å². The third-order valence-electron chi connectivity index (χ3n) is 4.03. The van der Waals surface area contributed by atoms with E-state index in [0.717, 1.165) is 47.4 Å². The number of rotatable bonds is 6. The van der Waals surface area contributed by atoms with Crippen LogP contribution in [-0.4, -0.2) is 37.2 Å². The SMILES string of the molecule is COCc1nsc(N2CCC[C@H]2c2ccc(OC)cc2OC)n1. The van der Waals surface area contributed by atoms with Gasteiger partial charge in [-0.2, -0.15) is 4.37 Å². The van der Waals surface area contributed by atoms with Gasteiger partial charge in [-0.1, -0.05) is 0 Å². The molecule has 0 unspecified atom stereocenters. The van der Waals surface area contributed by atoms with Crippen LogP contribution < -0.4 is 14.4 Å². The van der Waals surface area contributed by atoms with Crippen LogP contribution in [0.25, 0.3) is 0 Å². The Morgan fingerprint density at radius 3 is 2.87 bits per heavy atom. The number of aromatic nitrogens is 2. The zero-order chi connectivity index (χ0) is 16.2. The van der Waals surface area contributed by atoms with Gasteiger partial charge >= 0.3 is 0 Å². The largest absolute Gasteiger partial charge is 0.497 e. The van der Waals surface area contributed by atoms with Crippen LogP contribution in [0.15, 0.2) is 18.2 Å². The summed E-state index contributed by atoms with van der Waals surface area (Å²) in [6, 6.07) is 6.24. The molecule has 1 saturated heterocycles. The number of ether oxygens (including phenoxy) is 3. The maximum Gasteiger partial charge on any atom is 0.205 e. The summed E-state index contributed by atoms with van der Waals surface area (Å²) >= 11 is 1.43. The summed E-state index contributed by atoms with van der Waals surface area (Å²) in [6.07, 6.45) is 2.20. The molecule has 1 aliphatic rings. The van der Waals surface area contributed by atoms with Gasteiger partial charge in [0.25, 0.3) is 0 Å². The Morgan fingerprint density at radius 2 is 2.13 bits per heavy atom. The number of methoxy groups -OCH3 is 3. The molecule has 0 N–H and O–H groups in total. The summed E-state index contributed by atoms with van der Waals surface area (Å²) in [6.45, 7) is 1.42. The fourth-order valence-corrected chi connectivity index (χ4v) is 3.71. The molecular formula is C16H21N3O3S. The van der Waals surface area contributed by atoms with E-state index < -0.39 is 0 Å². The molecule has 0 bridgehead atoms. The Morgan fingerprint density at radius 1 is 1.26 bits per heavy atom. The van der Waals surface area contributed by atoms with Crippen LogP contribution in [0.4, 0.5) is 5.13 Å². The van der Waals surface area contributed by atoms with Gasteiger partial charge in [0.1, 0.15) is 18.1 Å². The highest BCUT2D eigenvalue weighted by Crippen LogP contribution is 2.41. The summed E-state index contributed by atoms with van der Waals surface area (Å²) in [5, 5.41) is 0.942. The zero-order valence-electron chi connectivity index (χ0n) is 13.6. The van der Waals surface area contributed by atoms with E-state index in [-0.39, 0.29) is 6.04 Å². The summed E-state index contributed by atoms with van der Waals surface area (Å²) in [5.74, 6) is 2.39. The Hall–Kier alpha value is -1.86. The zero-order valence-corrected chi connectivity index (χ0v) is 14.4. The lowest BCUT2D eigenvalue weighted by atomic mass is 10.0. The summed E-state index contributed by atoms with van der Waals surface area (Å²) < 4.78 is 20.3. The first-order chi connectivity index (χ1) is 11.3. The highest BCUT2D eigenvalue weighted by Gasteiger charge is 2.30. The van der Waals surface area contributed by atoms with Crippen molar-refractivity contribution in [1.29, 1.82) is 0 Å². The lowest BCUT2D eigenvalue weighted by molar-refractivity contribution is 0.179. The van der Waals surface area contributed by atoms with E-state index in [1.54, 1.807) is 21.3 Å². The summed E-state index contributed by atoms with van der Waals surface area (Å²) in [4.78, 5) is 6.90. The minimum absolute atomic E-state index is 0.249. The van der Waals surface area contributed by atoms with E-state index in [2.05, 4.69) is 20.3 Å². The maximum atomic E-state index is 5.57. The normalized spacial score (nSPS) is 17.5. The van der Waals surface area contributed by atoms with Crippen molar-refractivity contribution in [3.63, 3.8) is 0 Å². The highest BCUT2D eigenvalue weighted by atomic mass is 32.1. The van der Waals surface area contributed by atoms with Crippen LogP contribution in [0.1, 0.15) is 30.3 Å². The average Bonchev–Trinajstić information content (AvgIpc) is 3.23. The second kappa shape index (κ2) is 7.14. The van der Waals surface area contributed by atoms with E-state index in [1.165, 1.54) is 11.5 Å². The van der Waals surface area contributed by atoms with E-state index >= 15 is 0 Å². The topological polar surface area (TPSA) is 56.7 Å². The molecule has 0 saturated carbocycles. The number of benzene rings is 1. The predicted molar refractivity (Wildman–Crippen MR) is 89.5 cm³/mol. The van der Waals surface area contributed by atoms with Crippen molar-refractivity contribution >= 4 is 16.7 Å². The molecule has 0 radical (unpaired) electrons. The van der Waals surface area contributed by atoms with Crippen LogP contribution in [0.3, 0.4) is 0 Å². The summed E-state index contributed by atoms with van der Waals surface area (Å²) in [5.41, 5.74) is 1.16. The van der Waals surface area contributed by atoms with Crippen molar-refractivity contribution in [2.75, 3.05) is 32.8 Å². The van der Waals surface area contributed by atoms with Gasteiger partial charge in [-0.25, -0.2) is 4.98 Å². The molecule has 0 spiro atoms. The molecule has 124 valence electrons. The lowest BCUT2D eigenvalue weighted by Crippen LogP contribution is -2.22. The monoisotopic (exact) mass is 335 g/mol. The molecule has 2 aromatic rings. The smallest absolute Gasteiger partial charge is 0.205 e. The van der Waals surface area contributed by atoms with Crippen LogP contribution in [0, 0.1) is 0 Å². The van der Waals surface area contributed by atoms with Gasteiger partial charge in [0.05, 0.1) is 20.3 Å². The first-order valence-corrected chi connectivity index (χ1v) is 8.34. The number of hydrogen-bond acceptors (Lipinski definition) is 7. The van der Waals surface area contributed by atoms with Crippen molar-refractivity contribution < 1.29 is 14.2 Å². The second-order valence-electron chi connectivity index (χ2n) is 5.39. The molecule has 0 aliphatic carbocycles. The van der Waals surface area contributed by atoms with Crippen molar-refractivity contribution in [2.45, 2.75) is 25.5 Å². The highest BCUT2D eigenvalue weighted by molar-refractivity contribution is 7.09. The molecule has 1 fully saturated rings. The summed E-state index contributed by atoms with van der Waals surface area (Å²) in [7, 11) is 5.01. The Labute approximate surface area is 140 Å². The maximum absolute atomic E-state index is 5.57. The van der Waals surface area contributed by atoms with Gasteiger partial charge in [-0.05, 0) is 25.0 Å². The van der Waals surface area contributed by atoms with E-state index in [1.807, 2.05) is 12.1 Å². The minimum atomic E-state index is 0.249. The molecule has 7 heteroatoms. The van der Waals surface area contributed by atoms with Gasteiger partial charge < -0.3 is 19.1 Å². The van der Waals surface area contributed by atoms with Crippen molar-refractivity contribution in [2.24, 2.45) is 0 Å². The van der Waals surface area contributed by atoms with E-state index in [4.69, 9.17) is 14.2 Å². The Bertz CT molecular complexity index is 662. The van der Waals surface area contributed by atoms with Gasteiger partial charge in [-0.3, -0.25) is 0 Å². The molecule has 1 aliphatic heterocycles. The molecular weight excluding hydrogens is 314 g/mol. The van der Waals surface area contributed by atoms with E-state index in [0.29, 0.717) is 6.61 Å². The molecule has 1 atom stereocenters. The molecule has 2 heterocycles. The first kappa shape index (κ1) is 16.0. The average molecular weight is 335 g/mol. The van der Waals surface area contributed by atoms with Gasteiger partial charge in [-0.15, -0.1) is 0 Å².